The third-order valence-corrected chi connectivity index (χ3v) is 3.82. The Kier molecular flexibility index (Phi) is 8.67. The maximum Gasteiger partial charge on any atom is 0.384 e. The molecule has 0 saturated carbocycles. The minimum absolute atomic E-state index is 0.0832. The summed E-state index contributed by atoms with van der Waals surface area (Å²) in [5.41, 5.74) is 0. The van der Waals surface area contributed by atoms with Crippen LogP contribution in [0.15, 0.2) is 0 Å². The van der Waals surface area contributed by atoms with Crippen molar-refractivity contribution in [2.24, 2.45) is 0 Å². The fraction of sp³-hybridized carbons (Fsp3) is 1.00. The average molecular weight is 273 g/mol. The van der Waals surface area contributed by atoms with E-state index in [1.165, 1.54) is 0 Å². The van der Waals surface area contributed by atoms with Gasteiger partial charge in [0.25, 0.3) is 0 Å². The lowest BCUT2D eigenvalue weighted by molar-refractivity contribution is 0.00664. The van der Waals surface area contributed by atoms with Gasteiger partial charge in [-0.2, -0.15) is 0 Å². The van der Waals surface area contributed by atoms with E-state index in [4.69, 9.17) is 14.5 Å². The Morgan fingerprint density at radius 1 is 1.44 bits per heavy atom. The van der Waals surface area contributed by atoms with Crippen LogP contribution < -0.4 is 5.32 Å². The summed E-state index contributed by atoms with van der Waals surface area (Å²) in [5.74, 6) is 0.308. The van der Waals surface area contributed by atoms with Gasteiger partial charge in [0.15, 0.2) is 0 Å². The van der Waals surface area contributed by atoms with Crippen molar-refractivity contribution in [1.82, 2.24) is 5.32 Å². The van der Waals surface area contributed by atoms with Crippen LogP contribution in [-0.2, 0) is 9.30 Å². The molecule has 4 N–H and O–H groups in total. The second-order valence-corrected chi connectivity index (χ2v) is 7.41. The Labute approximate surface area is 99.7 Å². The Bertz CT molecular complexity index is 222. The third kappa shape index (κ3) is 12.4. The smallest absolute Gasteiger partial charge is 0.384 e. The third-order valence-electron chi connectivity index (χ3n) is 1.54. The van der Waals surface area contributed by atoms with E-state index in [1.54, 1.807) is 0 Å². The van der Waals surface area contributed by atoms with E-state index in [0.29, 0.717) is 30.2 Å². The zero-order chi connectivity index (χ0) is 12.6. The molecule has 0 aromatic rings. The van der Waals surface area contributed by atoms with Gasteiger partial charge in [0, 0.05) is 18.8 Å². The summed E-state index contributed by atoms with van der Waals surface area (Å²) in [5, 5.41) is 12.3. The van der Waals surface area contributed by atoms with Crippen LogP contribution in [0.3, 0.4) is 0 Å². The molecule has 0 amide bonds. The Morgan fingerprint density at radius 2 is 2.06 bits per heavy atom. The quantitative estimate of drug-likeness (QED) is 0.351. The largest absolute Gasteiger partial charge is 0.389 e. The van der Waals surface area contributed by atoms with Crippen molar-refractivity contribution in [2.45, 2.75) is 26.1 Å². The monoisotopic (exact) mass is 273 g/mol. The molecule has 0 aliphatic rings. The van der Waals surface area contributed by atoms with Crippen molar-refractivity contribution in [3.8, 4) is 0 Å². The molecule has 0 aromatic heterocycles. The van der Waals surface area contributed by atoms with Crippen LogP contribution >= 0.6 is 18.2 Å². The summed E-state index contributed by atoms with van der Waals surface area (Å²) in [7, 11) is 0. The second kappa shape index (κ2) is 8.47. The highest BCUT2D eigenvalue weighted by Gasteiger charge is 2.12. The zero-order valence-corrected chi connectivity index (χ0v) is 11.2. The van der Waals surface area contributed by atoms with Crippen LogP contribution in [0.2, 0.25) is 0 Å². The lowest BCUT2D eigenvalue weighted by Gasteiger charge is -2.14. The maximum atomic E-state index is 10.5. The van der Waals surface area contributed by atoms with Crippen molar-refractivity contribution in [1.29, 1.82) is 0 Å². The van der Waals surface area contributed by atoms with Gasteiger partial charge in [-0.25, -0.2) is 4.57 Å². The van der Waals surface area contributed by atoms with Crippen LogP contribution in [0.4, 0.5) is 0 Å². The summed E-state index contributed by atoms with van der Waals surface area (Å²) in [6.07, 6.45) is -0.512. The first-order valence-corrected chi connectivity index (χ1v) is 8.22. The molecule has 16 heavy (non-hydrogen) atoms. The van der Waals surface area contributed by atoms with Gasteiger partial charge in [-0.1, -0.05) is 0 Å². The second-order valence-electron chi connectivity index (χ2n) is 3.56. The van der Waals surface area contributed by atoms with E-state index < -0.39 is 12.9 Å². The van der Waals surface area contributed by atoms with E-state index >= 15 is 0 Å². The fourth-order valence-corrected chi connectivity index (χ4v) is 2.33. The molecular weight excluding hydrogens is 253 g/mol. The zero-order valence-electron chi connectivity index (χ0n) is 9.50. The molecule has 0 aliphatic carbocycles. The summed E-state index contributed by atoms with van der Waals surface area (Å²) in [4.78, 5) is 17.1. The molecule has 0 fully saturated rings. The van der Waals surface area contributed by atoms with Gasteiger partial charge >= 0.3 is 6.80 Å². The van der Waals surface area contributed by atoms with Crippen molar-refractivity contribution < 1.29 is 24.2 Å². The summed E-state index contributed by atoms with van der Waals surface area (Å²) < 4.78 is 15.7. The molecule has 6 nitrogen and oxygen atoms in total. The van der Waals surface area contributed by atoms with E-state index in [9.17, 15) is 9.67 Å². The molecule has 0 aliphatic heterocycles. The van der Waals surface area contributed by atoms with E-state index in [0.717, 1.165) is 0 Å². The van der Waals surface area contributed by atoms with Gasteiger partial charge < -0.3 is 24.9 Å². The average Bonchev–Trinajstić information content (AvgIpc) is 2.12. The summed E-state index contributed by atoms with van der Waals surface area (Å²) in [6, 6.07) is 0. The van der Waals surface area contributed by atoms with Crippen LogP contribution in [0, 0.1) is 0 Å². The number of aliphatic hydroxyl groups excluding tert-OH is 1. The molecule has 0 radical (unpaired) electrons. The molecule has 0 saturated heterocycles. The first-order valence-electron chi connectivity index (χ1n) is 5.01. The van der Waals surface area contributed by atoms with Gasteiger partial charge in [0.1, 0.15) is 0 Å². The lowest BCUT2D eigenvalue weighted by Crippen LogP contribution is -2.32. The number of rotatable bonds is 9. The SMILES string of the molecule is CC(C)OCC(O)CNCCSP(=O)(O)O. The first kappa shape index (κ1) is 16.4. The molecule has 8 heteroatoms. The molecule has 0 spiro atoms. The molecule has 0 rings (SSSR count). The van der Waals surface area contributed by atoms with Crippen LogP contribution in [-0.4, -0.2) is 52.6 Å². The highest BCUT2D eigenvalue weighted by molar-refractivity contribution is 8.54. The Balaban J connectivity index is 3.34. The topological polar surface area (TPSA) is 99.0 Å². The van der Waals surface area contributed by atoms with Crippen molar-refractivity contribution in [3.05, 3.63) is 0 Å². The van der Waals surface area contributed by atoms with Gasteiger partial charge in [-0.05, 0) is 25.2 Å². The summed E-state index contributed by atoms with van der Waals surface area (Å²) >= 11 is 0.595. The van der Waals surface area contributed by atoms with E-state index in [2.05, 4.69) is 5.32 Å². The van der Waals surface area contributed by atoms with Crippen molar-refractivity contribution in [2.75, 3.05) is 25.4 Å². The molecule has 0 bridgehead atoms. The maximum absolute atomic E-state index is 10.5. The molecule has 1 atom stereocenters. The number of aliphatic hydroxyl groups is 1. The number of nitrogens with one attached hydrogen (secondary N) is 1. The standard InChI is InChI=1S/C8H20NO5PS/c1-7(2)14-6-8(10)5-9-3-4-16-15(11,12)13/h7-10H,3-6H2,1-2H3,(H2,11,12,13). The highest BCUT2D eigenvalue weighted by atomic mass is 32.7. The molecule has 0 heterocycles. The predicted octanol–water partition coefficient (Wildman–Crippen LogP) is 0.188. The Hall–Kier alpha value is 0.380. The molecule has 0 aromatic carbocycles. The van der Waals surface area contributed by atoms with Crippen LogP contribution in [0.5, 0.6) is 0 Å². The minimum Gasteiger partial charge on any atom is -0.389 e. The van der Waals surface area contributed by atoms with E-state index in [1.807, 2.05) is 13.8 Å². The predicted molar refractivity (Wildman–Crippen MR) is 64.5 cm³/mol. The first-order chi connectivity index (χ1) is 7.31. The van der Waals surface area contributed by atoms with Gasteiger partial charge in [-0.3, -0.25) is 0 Å². The number of ether oxygens (including phenoxy) is 1. The van der Waals surface area contributed by atoms with Crippen LogP contribution in [0.25, 0.3) is 0 Å². The van der Waals surface area contributed by atoms with Crippen molar-refractivity contribution >= 4 is 18.2 Å². The lowest BCUT2D eigenvalue weighted by atomic mass is 10.3. The molecule has 98 valence electrons. The Morgan fingerprint density at radius 3 is 2.56 bits per heavy atom. The highest BCUT2D eigenvalue weighted by Crippen LogP contribution is 2.49. The van der Waals surface area contributed by atoms with Gasteiger partial charge in [0.2, 0.25) is 0 Å². The van der Waals surface area contributed by atoms with Gasteiger partial charge in [-0.15, -0.1) is 0 Å². The van der Waals surface area contributed by atoms with Gasteiger partial charge in [0.05, 0.1) is 18.8 Å². The van der Waals surface area contributed by atoms with E-state index in [-0.39, 0.29) is 12.7 Å². The number of hydrogen-bond acceptors (Lipinski definition) is 5. The summed E-state index contributed by atoms with van der Waals surface area (Å²) in [6.45, 7) is 0.860. The minimum atomic E-state index is -3.97. The van der Waals surface area contributed by atoms with Crippen LogP contribution in [0.1, 0.15) is 13.8 Å². The molecular formula is C8H20NO5PS. The molecule has 1 unspecified atom stereocenters. The normalized spacial score (nSPS) is 14.4. The number of hydrogen-bond donors (Lipinski definition) is 4. The fourth-order valence-electron chi connectivity index (χ4n) is 0.868. The van der Waals surface area contributed by atoms with Crippen molar-refractivity contribution in [3.63, 3.8) is 0 Å².